The number of furan rings is 1. The smallest absolute Gasteiger partial charge is 0.192 e. The molecule has 0 fully saturated rings. The van der Waals surface area contributed by atoms with Crippen LogP contribution in [0.5, 0.6) is 0 Å². The second kappa shape index (κ2) is 5.23. The monoisotopic (exact) mass is 253 g/mol. The lowest BCUT2D eigenvalue weighted by Gasteiger charge is -2.04. The highest BCUT2D eigenvalue weighted by atomic mass is 35.5. The Balaban J connectivity index is 0.00000144. The first-order valence-corrected chi connectivity index (χ1v) is 5.24. The molecule has 0 aliphatic heterocycles. The summed E-state index contributed by atoms with van der Waals surface area (Å²) in [5.41, 5.74) is 4.18. The fourth-order valence-electron chi connectivity index (χ4n) is 1.82. The van der Waals surface area contributed by atoms with Crippen molar-refractivity contribution in [3.63, 3.8) is 0 Å². The third-order valence-electron chi connectivity index (χ3n) is 2.44. The van der Waals surface area contributed by atoms with Crippen LogP contribution in [0.1, 0.15) is 36.8 Å². The molecule has 0 atom stereocenters. The van der Waals surface area contributed by atoms with Gasteiger partial charge in [0.25, 0.3) is 0 Å². The molecule has 2 heterocycles. The standard InChI is InChI=1S/C13H15NO2.ClH/c1-8(2)12(11-5-6-15-7-11)13-9(3)14-10(4)16-13;/h5-7H,1-4H3;1H. The molecule has 0 amide bonds. The molecule has 0 aromatic carbocycles. The second-order valence-electron chi connectivity index (χ2n) is 4.03. The van der Waals surface area contributed by atoms with E-state index in [1.165, 1.54) is 5.57 Å². The van der Waals surface area contributed by atoms with Crippen LogP contribution in [-0.4, -0.2) is 4.98 Å². The predicted molar refractivity (Wildman–Crippen MR) is 69.3 cm³/mol. The van der Waals surface area contributed by atoms with Crippen LogP contribution in [0.15, 0.2) is 33.0 Å². The van der Waals surface area contributed by atoms with E-state index < -0.39 is 0 Å². The van der Waals surface area contributed by atoms with Crippen molar-refractivity contribution in [3.8, 4) is 0 Å². The first-order chi connectivity index (χ1) is 7.59. The largest absolute Gasteiger partial charge is 0.472 e. The molecule has 0 N–H and O–H groups in total. The quantitative estimate of drug-likeness (QED) is 0.807. The van der Waals surface area contributed by atoms with Gasteiger partial charge in [-0.3, -0.25) is 0 Å². The van der Waals surface area contributed by atoms with Crippen molar-refractivity contribution >= 4 is 18.0 Å². The van der Waals surface area contributed by atoms with E-state index in [-0.39, 0.29) is 12.4 Å². The minimum absolute atomic E-state index is 0. The highest BCUT2D eigenvalue weighted by molar-refractivity contribution is 5.85. The van der Waals surface area contributed by atoms with E-state index in [2.05, 4.69) is 18.8 Å². The maximum atomic E-state index is 5.65. The summed E-state index contributed by atoms with van der Waals surface area (Å²) >= 11 is 0. The van der Waals surface area contributed by atoms with Gasteiger partial charge in [-0.1, -0.05) is 5.57 Å². The minimum Gasteiger partial charge on any atom is -0.472 e. The molecule has 0 aliphatic rings. The van der Waals surface area contributed by atoms with Crippen molar-refractivity contribution in [3.05, 3.63) is 47.1 Å². The summed E-state index contributed by atoms with van der Waals surface area (Å²) in [5, 5.41) is 0. The first kappa shape index (κ1) is 13.6. The molecule has 92 valence electrons. The van der Waals surface area contributed by atoms with Crippen LogP contribution in [0, 0.1) is 13.8 Å². The van der Waals surface area contributed by atoms with Crippen molar-refractivity contribution in [1.29, 1.82) is 0 Å². The predicted octanol–water partition coefficient (Wildman–Crippen LogP) is 4.15. The molecule has 0 bridgehead atoms. The number of halogens is 1. The fraction of sp³-hybridized carbons (Fsp3) is 0.308. The summed E-state index contributed by atoms with van der Waals surface area (Å²) in [6.45, 7) is 7.92. The van der Waals surface area contributed by atoms with Gasteiger partial charge in [-0.15, -0.1) is 12.4 Å². The molecular formula is C13H16ClNO2. The van der Waals surface area contributed by atoms with Crippen LogP contribution in [-0.2, 0) is 0 Å². The van der Waals surface area contributed by atoms with Gasteiger partial charge in [0.2, 0.25) is 0 Å². The Morgan fingerprint density at radius 1 is 1.24 bits per heavy atom. The topological polar surface area (TPSA) is 39.2 Å². The molecule has 0 radical (unpaired) electrons. The molecule has 4 heteroatoms. The summed E-state index contributed by atoms with van der Waals surface area (Å²) in [4.78, 5) is 4.29. The second-order valence-corrected chi connectivity index (χ2v) is 4.03. The summed E-state index contributed by atoms with van der Waals surface area (Å²) in [7, 11) is 0. The average Bonchev–Trinajstić information content (AvgIpc) is 2.78. The van der Waals surface area contributed by atoms with Crippen LogP contribution in [0.4, 0.5) is 0 Å². The zero-order valence-electron chi connectivity index (χ0n) is 10.4. The van der Waals surface area contributed by atoms with Crippen LogP contribution >= 0.6 is 12.4 Å². The van der Waals surface area contributed by atoms with Gasteiger partial charge in [-0.05, 0) is 26.8 Å². The maximum absolute atomic E-state index is 5.65. The molecular weight excluding hydrogens is 238 g/mol. The zero-order chi connectivity index (χ0) is 11.7. The van der Waals surface area contributed by atoms with E-state index in [9.17, 15) is 0 Å². The van der Waals surface area contributed by atoms with Gasteiger partial charge >= 0.3 is 0 Å². The Morgan fingerprint density at radius 3 is 2.35 bits per heavy atom. The molecule has 2 aromatic heterocycles. The van der Waals surface area contributed by atoms with Gasteiger partial charge in [-0.25, -0.2) is 4.98 Å². The zero-order valence-corrected chi connectivity index (χ0v) is 11.2. The first-order valence-electron chi connectivity index (χ1n) is 5.24. The molecule has 0 spiro atoms. The van der Waals surface area contributed by atoms with Gasteiger partial charge in [0.1, 0.15) is 0 Å². The van der Waals surface area contributed by atoms with Gasteiger partial charge in [0, 0.05) is 18.1 Å². The van der Waals surface area contributed by atoms with Crippen molar-refractivity contribution < 1.29 is 8.83 Å². The normalized spacial score (nSPS) is 9.88. The van der Waals surface area contributed by atoms with Crippen molar-refractivity contribution in [2.75, 3.05) is 0 Å². The number of oxazole rings is 1. The van der Waals surface area contributed by atoms with E-state index in [0.717, 1.165) is 22.6 Å². The fourth-order valence-corrected chi connectivity index (χ4v) is 1.82. The summed E-state index contributed by atoms with van der Waals surface area (Å²) in [6.07, 6.45) is 3.39. The Labute approximate surface area is 107 Å². The lowest BCUT2D eigenvalue weighted by atomic mass is 10.0. The van der Waals surface area contributed by atoms with Crippen molar-refractivity contribution in [1.82, 2.24) is 4.98 Å². The van der Waals surface area contributed by atoms with Crippen molar-refractivity contribution in [2.24, 2.45) is 0 Å². The summed E-state index contributed by atoms with van der Waals surface area (Å²) < 4.78 is 10.8. The molecule has 17 heavy (non-hydrogen) atoms. The Kier molecular flexibility index (Phi) is 4.18. The van der Waals surface area contributed by atoms with Gasteiger partial charge in [0.15, 0.2) is 11.7 Å². The average molecular weight is 254 g/mol. The highest BCUT2D eigenvalue weighted by Crippen LogP contribution is 2.29. The maximum Gasteiger partial charge on any atom is 0.192 e. The van der Waals surface area contributed by atoms with Crippen LogP contribution in [0.2, 0.25) is 0 Å². The van der Waals surface area contributed by atoms with E-state index in [1.807, 2.05) is 19.9 Å². The van der Waals surface area contributed by atoms with E-state index in [4.69, 9.17) is 8.83 Å². The van der Waals surface area contributed by atoms with Crippen molar-refractivity contribution in [2.45, 2.75) is 27.7 Å². The van der Waals surface area contributed by atoms with Crippen LogP contribution in [0.25, 0.3) is 5.57 Å². The number of rotatable bonds is 2. The minimum atomic E-state index is 0. The molecule has 0 saturated carbocycles. The summed E-state index contributed by atoms with van der Waals surface area (Å²) in [5.74, 6) is 1.52. The highest BCUT2D eigenvalue weighted by Gasteiger charge is 2.16. The number of aromatic nitrogens is 1. The number of allylic oxidation sites excluding steroid dienone is 1. The molecule has 0 saturated heterocycles. The van der Waals surface area contributed by atoms with Crippen LogP contribution in [0.3, 0.4) is 0 Å². The lowest BCUT2D eigenvalue weighted by Crippen LogP contribution is -1.89. The van der Waals surface area contributed by atoms with E-state index >= 15 is 0 Å². The molecule has 2 aromatic rings. The van der Waals surface area contributed by atoms with E-state index in [0.29, 0.717) is 5.89 Å². The Morgan fingerprint density at radius 2 is 1.94 bits per heavy atom. The number of aryl methyl sites for hydroxylation is 2. The number of nitrogens with zero attached hydrogens (tertiary/aromatic N) is 1. The van der Waals surface area contributed by atoms with Gasteiger partial charge < -0.3 is 8.83 Å². The number of hydrogen-bond donors (Lipinski definition) is 0. The SMILES string of the molecule is CC(C)=C(c1ccoc1)c1oc(C)nc1C.Cl. The van der Waals surface area contributed by atoms with Gasteiger partial charge in [-0.2, -0.15) is 0 Å². The molecule has 2 rings (SSSR count). The van der Waals surface area contributed by atoms with E-state index in [1.54, 1.807) is 12.5 Å². The molecule has 0 aliphatic carbocycles. The Bertz CT molecular complexity index is 520. The summed E-state index contributed by atoms with van der Waals surface area (Å²) in [6, 6.07) is 1.93. The Hall–Kier alpha value is -1.48. The molecule has 0 unspecified atom stereocenters. The lowest BCUT2D eigenvalue weighted by molar-refractivity contribution is 0.509. The third kappa shape index (κ3) is 2.61. The van der Waals surface area contributed by atoms with Gasteiger partial charge in [0.05, 0.1) is 18.2 Å². The molecule has 3 nitrogen and oxygen atoms in total. The van der Waals surface area contributed by atoms with Crippen LogP contribution < -0.4 is 0 Å². The third-order valence-corrected chi connectivity index (χ3v) is 2.44. The number of hydrogen-bond acceptors (Lipinski definition) is 3.